The maximum atomic E-state index is 14.1. The zero-order valence-electron chi connectivity index (χ0n) is 28.4. The third kappa shape index (κ3) is 6.26. The molecule has 0 atom stereocenters. The lowest BCUT2D eigenvalue weighted by atomic mass is 9.81. The summed E-state index contributed by atoms with van der Waals surface area (Å²) < 4.78 is 20.2. The van der Waals surface area contributed by atoms with Crippen molar-refractivity contribution in [2.24, 2.45) is 5.92 Å². The maximum Gasteiger partial charge on any atom is 0.346 e. The molecule has 0 fully saturated rings. The number of aryl methyl sites for hydroxylation is 2. The number of hydrogen-bond donors (Lipinski definition) is 0. The first-order valence-corrected chi connectivity index (χ1v) is 18.0. The third-order valence-electron chi connectivity index (χ3n) is 7.83. The average Bonchev–Trinajstić information content (AvgIpc) is 3.39. The molecule has 13 heteroatoms. The second-order valence-corrected chi connectivity index (χ2v) is 15.4. The number of ether oxygens (including phenoxy) is 4. The maximum absolute atomic E-state index is 14.1. The lowest BCUT2D eigenvalue weighted by Crippen LogP contribution is -2.55. The molecule has 1 aromatic rings. The van der Waals surface area contributed by atoms with Crippen molar-refractivity contribution in [3.05, 3.63) is 54.0 Å². The summed E-state index contributed by atoms with van der Waals surface area (Å²) >= 11 is 2.95. The van der Waals surface area contributed by atoms with Gasteiger partial charge in [-0.25, -0.2) is 19.2 Å². The van der Waals surface area contributed by atoms with Gasteiger partial charge in [-0.15, -0.1) is 0 Å². The van der Waals surface area contributed by atoms with Crippen molar-refractivity contribution < 1.29 is 42.9 Å². The van der Waals surface area contributed by atoms with Crippen LogP contribution in [-0.2, 0) is 42.9 Å². The second kappa shape index (κ2) is 14.1. The standard InChI is InChI=1S/C34H41NO9S3/c1-11-41-29(37)23-24(30(38)42-12-2)45-27-22(34(23)46-25(31(39)43-13-3)26(47-34)32(40)44-14-4)20-15-18(7)19(8)16-21(20)35(33(27,9)10)28(36)17(5)6/h15-17H,11-14H2,1-10H3. The first kappa shape index (κ1) is 36.7. The predicted octanol–water partition coefficient (Wildman–Crippen LogP) is 6.44. The summed E-state index contributed by atoms with van der Waals surface area (Å²) in [6.07, 6.45) is 0. The summed E-state index contributed by atoms with van der Waals surface area (Å²) in [4.78, 5) is 71.3. The molecule has 0 aromatic heterocycles. The van der Waals surface area contributed by atoms with E-state index in [1.54, 1.807) is 32.6 Å². The molecule has 10 nitrogen and oxygen atoms in total. The van der Waals surface area contributed by atoms with Crippen molar-refractivity contribution in [2.75, 3.05) is 31.3 Å². The second-order valence-electron chi connectivity index (χ2n) is 11.7. The van der Waals surface area contributed by atoms with Crippen LogP contribution in [0.15, 0.2) is 37.3 Å². The number of thioether (sulfide) groups is 3. The minimum absolute atomic E-state index is 0.000367. The molecule has 0 saturated heterocycles. The first-order valence-electron chi connectivity index (χ1n) is 15.6. The van der Waals surface area contributed by atoms with Crippen LogP contribution in [-0.4, -0.2) is 65.8 Å². The Balaban J connectivity index is 2.20. The summed E-state index contributed by atoms with van der Waals surface area (Å²) in [6, 6.07) is 3.89. The Morgan fingerprint density at radius 3 is 1.64 bits per heavy atom. The van der Waals surface area contributed by atoms with Crippen LogP contribution in [0.25, 0.3) is 5.57 Å². The smallest absolute Gasteiger partial charge is 0.346 e. The van der Waals surface area contributed by atoms with Crippen LogP contribution in [0.2, 0.25) is 0 Å². The molecule has 47 heavy (non-hydrogen) atoms. The fourth-order valence-corrected chi connectivity index (χ4v) is 10.6. The number of nitrogens with zero attached hydrogens (tertiary/aromatic N) is 1. The van der Waals surface area contributed by atoms with Crippen LogP contribution in [0, 0.1) is 19.8 Å². The highest BCUT2D eigenvalue weighted by molar-refractivity contribution is 8.26. The Morgan fingerprint density at radius 2 is 1.17 bits per heavy atom. The Bertz CT molecular complexity index is 1610. The quantitative estimate of drug-likeness (QED) is 0.208. The van der Waals surface area contributed by atoms with Gasteiger partial charge in [-0.05, 0) is 78.6 Å². The molecular weight excluding hydrogens is 663 g/mol. The topological polar surface area (TPSA) is 126 Å². The van der Waals surface area contributed by atoms with E-state index in [1.807, 2.05) is 53.7 Å². The van der Waals surface area contributed by atoms with Gasteiger partial charge in [0.05, 0.1) is 43.2 Å². The molecule has 3 aliphatic heterocycles. The number of hydrogen-bond acceptors (Lipinski definition) is 12. The van der Waals surface area contributed by atoms with Gasteiger partial charge in [0.1, 0.15) is 18.8 Å². The molecule has 254 valence electrons. The number of esters is 4. The molecule has 0 bridgehead atoms. The third-order valence-corrected chi connectivity index (χ3v) is 12.5. The van der Waals surface area contributed by atoms with Crippen LogP contribution in [0.4, 0.5) is 5.69 Å². The van der Waals surface area contributed by atoms with Crippen LogP contribution in [0.5, 0.6) is 0 Å². The van der Waals surface area contributed by atoms with Gasteiger partial charge >= 0.3 is 23.9 Å². The van der Waals surface area contributed by atoms with Gasteiger partial charge in [0, 0.05) is 22.0 Å². The van der Waals surface area contributed by atoms with Crippen molar-refractivity contribution >= 4 is 76.3 Å². The summed E-state index contributed by atoms with van der Waals surface area (Å²) in [7, 11) is 0. The van der Waals surface area contributed by atoms with E-state index in [4.69, 9.17) is 18.9 Å². The Morgan fingerprint density at radius 1 is 0.723 bits per heavy atom. The fraction of sp³-hybridized carbons (Fsp3) is 0.500. The normalized spacial score (nSPS) is 17.9. The largest absolute Gasteiger partial charge is 0.463 e. The van der Waals surface area contributed by atoms with Gasteiger partial charge in [-0.2, -0.15) is 0 Å². The number of anilines is 1. The number of benzene rings is 1. The zero-order chi connectivity index (χ0) is 35.0. The molecular formula is C34H41NO9S3. The van der Waals surface area contributed by atoms with Gasteiger partial charge in [-0.3, -0.25) is 4.79 Å². The van der Waals surface area contributed by atoms with Crippen LogP contribution in [0.1, 0.15) is 72.1 Å². The average molecular weight is 704 g/mol. The molecule has 3 aliphatic rings. The molecule has 1 amide bonds. The summed E-state index contributed by atoms with van der Waals surface area (Å²) in [5, 5.41) is 0. The lowest BCUT2D eigenvalue weighted by Gasteiger charge is -2.51. The van der Waals surface area contributed by atoms with E-state index < -0.39 is 33.5 Å². The number of fused-ring (bicyclic) bond motifs is 3. The molecule has 0 unspecified atom stereocenters. The van der Waals surface area contributed by atoms with Crippen molar-refractivity contribution in [1.82, 2.24) is 0 Å². The number of carbonyl (C=O) groups excluding carboxylic acids is 5. The molecule has 0 radical (unpaired) electrons. The lowest BCUT2D eigenvalue weighted by molar-refractivity contribution is -0.141. The van der Waals surface area contributed by atoms with Crippen molar-refractivity contribution in [2.45, 2.75) is 78.9 Å². The molecule has 1 aromatic carbocycles. The minimum atomic E-state index is -1.61. The predicted molar refractivity (Wildman–Crippen MR) is 185 cm³/mol. The van der Waals surface area contributed by atoms with E-state index in [-0.39, 0.29) is 58.5 Å². The number of amides is 1. The summed E-state index contributed by atoms with van der Waals surface area (Å²) in [5.74, 6) is -3.60. The molecule has 0 saturated carbocycles. The number of carbonyl (C=O) groups is 5. The van der Waals surface area contributed by atoms with Gasteiger partial charge in [0.2, 0.25) is 5.91 Å². The van der Waals surface area contributed by atoms with Crippen LogP contribution < -0.4 is 4.90 Å². The molecule has 3 heterocycles. The summed E-state index contributed by atoms with van der Waals surface area (Å²) in [6.45, 7) is 18.0. The van der Waals surface area contributed by atoms with Crippen LogP contribution >= 0.6 is 35.3 Å². The monoisotopic (exact) mass is 703 g/mol. The van der Waals surface area contributed by atoms with E-state index >= 15 is 0 Å². The first-order chi connectivity index (χ1) is 22.1. The minimum Gasteiger partial charge on any atom is -0.463 e. The van der Waals surface area contributed by atoms with Gasteiger partial charge < -0.3 is 23.8 Å². The Hall–Kier alpha value is -3.16. The highest BCUT2D eigenvalue weighted by Crippen LogP contribution is 2.71. The van der Waals surface area contributed by atoms with E-state index in [0.29, 0.717) is 21.7 Å². The SMILES string of the molecule is CCOC(=O)C1=C(C(=O)OCC)SC2(S1)C(C(=O)OCC)=C(C(=O)OCC)SC1=C2c2cc(C)c(C)cc2N(C(=O)C(C)C)C1(C)C. The highest BCUT2D eigenvalue weighted by atomic mass is 32.2. The van der Waals surface area contributed by atoms with E-state index in [2.05, 4.69) is 0 Å². The van der Waals surface area contributed by atoms with Crippen molar-refractivity contribution in [3.63, 3.8) is 0 Å². The summed E-state index contributed by atoms with van der Waals surface area (Å²) in [5.41, 5.74) is 2.55. The van der Waals surface area contributed by atoms with Gasteiger partial charge in [-0.1, -0.05) is 49.1 Å². The van der Waals surface area contributed by atoms with Crippen LogP contribution in [0.3, 0.4) is 0 Å². The molecule has 0 N–H and O–H groups in total. The van der Waals surface area contributed by atoms with Gasteiger partial charge in [0.15, 0.2) is 0 Å². The van der Waals surface area contributed by atoms with E-state index in [9.17, 15) is 24.0 Å². The highest BCUT2D eigenvalue weighted by Gasteiger charge is 2.62. The van der Waals surface area contributed by atoms with Crippen molar-refractivity contribution in [3.8, 4) is 0 Å². The van der Waals surface area contributed by atoms with Gasteiger partial charge in [0.25, 0.3) is 0 Å². The van der Waals surface area contributed by atoms with E-state index in [0.717, 1.165) is 46.4 Å². The number of rotatable bonds is 9. The molecule has 1 spiro atoms. The molecule has 0 aliphatic carbocycles. The molecule has 4 rings (SSSR count). The zero-order valence-corrected chi connectivity index (χ0v) is 30.9. The Kier molecular flexibility index (Phi) is 11.0. The van der Waals surface area contributed by atoms with Crippen molar-refractivity contribution in [1.29, 1.82) is 0 Å². The van der Waals surface area contributed by atoms with E-state index in [1.165, 1.54) is 0 Å². The Labute approximate surface area is 288 Å². The fourth-order valence-electron chi connectivity index (χ4n) is 5.64.